The minimum atomic E-state index is 0.224. The molecule has 0 spiro atoms. The number of aryl methyl sites for hydroxylation is 1. The van der Waals surface area contributed by atoms with Crippen molar-refractivity contribution in [1.29, 1.82) is 0 Å². The summed E-state index contributed by atoms with van der Waals surface area (Å²) in [5, 5.41) is 3.56. The standard InChI is InChI=1S/C13H21ClN6/c1-4-20(5-2)8-6-7-15-11-10-12(16-9-19(10)3)18-13(14)17-11/h9H,4-8H2,1-3H3,(H,15,17,18). The molecule has 110 valence electrons. The molecule has 0 saturated carbocycles. The Bertz CT molecular complexity index is 563. The molecule has 1 N–H and O–H groups in total. The minimum Gasteiger partial charge on any atom is -0.368 e. The Morgan fingerprint density at radius 2 is 2.05 bits per heavy atom. The summed E-state index contributed by atoms with van der Waals surface area (Å²) in [6.07, 6.45) is 2.78. The predicted octanol–water partition coefficient (Wildman–Crippen LogP) is 2.16. The van der Waals surface area contributed by atoms with E-state index in [-0.39, 0.29) is 5.28 Å². The molecule has 0 aromatic carbocycles. The first kappa shape index (κ1) is 15.0. The van der Waals surface area contributed by atoms with E-state index in [1.54, 1.807) is 6.33 Å². The Morgan fingerprint density at radius 3 is 2.75 bits per heavy atom. The van der Waals surface area contributed by atoms with Gasteiger partial charge in [0.25, 0.3) is 0 Å². The molecule has 2 rings (SSSR count). The van der Waals surface area contributed by atoms with Crippen molar-refractivity contribution < 1.29 is 0 Å². The molecule has 2 aromatic rings. The quantitative estimate of drug-likeness (QED) is 0.627. The number of halogens is 1. The lowest BCUT2D eigenvalue weighted by atomic mass is 10.3. The van der Waals surface area contributed by atoms with Gasteiger partial charge in [0, 0.05) is 13.6 Å². The van der Waals surface area contributed by atoms with E-state index in [1.807, 2.05) is 11.6 Å². The third kappa shape index (κ3) is 3.37. The van der Waals surface area contributed by atoms with Crippen molar-refractivity contribution in [3.63, 3.8) is 0 Å². The summed E-state index contributed by atoms with van der Waals surface area (Å²) in [6.45, 7) is 8.46. The van der Waals surface area contributed by atoms with Crippen molar-refractivity contribution in [2.24, 2.45) is 7.05 Å². The number of nitrogens with zero attached hydrogens (tertiary/aromatic N) is 5. The molecule has 0 aliphatic rings. The Balaban J connectivity index is 2.01. The molecule has 0 fully saturated rings. The van der Waals surface area contributed by atoms with Gasteiger partial charge in [-0.1, -0.05) is 13.8 Å². The number of fused-ring (bicyclic) bond motifs is 1. The molecule has 6 nitrogen and oxygen atoms in total. The summed E-state index contributed by atoms with van der Waals surface area (Å²) in [6, 6.07) is 0. The number of rotatable bonds is 7. The van der Waals surface area contributed by atoms with Gasteiger partial charge in [-0.05, 0) is 37.7 Å². The highest BCUT2D eigenvalue weighted by Gasteiger charge is 2.10. The normalized spacial score (nSPS) is 11.4. The minimum absolute atomic E-state index is 0.224. The Morgan fingerprint density at radius 1 is 1.30 bits per heavy atom. The van der Waals surface area contributed by atoms with Crippen molar-refractivity contribution in [1.82, 2.24) is 24.4 Å². The predicted molar refractivity (Wildman–Crippen MR) is 82.2 cm³/mol. The smallest absolute Gasteiger partial charge is 0.226 e. The van der Waals surface area contributed by atoms with E-state index in [2.05, 4.69) is 39.0 Å². The molecule has 0 aliphatic heterocycles. The van der Waals surface area contributed by atoms with E-state index < -0.39 is 0 Å². The fraction of sp³-hybridized carbons (Fsp3) is 0.615. The summed E-state index contributed by atoms with van der Waals surface area (Å²) in [5.41, 5.74) is 1.51. The fourth-order valence-corrected chi connectivity index (χ4v) is 2.37. The van der Waals surface area contributed by atoms with Crippen molar-refractivity contribution >= 4 is 28.6 Å². The van der Waals surface area contributed by atoms with E-state index in [0.29, 0.717) is 5.65 Å². The molecule has 0 bridgehead atoms. The van der Waals surface area contributed by atoms with Gasteiger partial charge >= 0.3 is 0 Å². The van der Waals surface area contributed by atoms with Crippen LogP contribution >= 0.6 is 11.6 Å². The zero-order valence-corrected chi connectivity index (χ0v) is 13.0. The Labute approximate surface area is 124 Å². The molecule has 0 saturated heterocycles. The van der Waals surface area contributed by atoms with Crippen LogP contribution in [0.3, 0.4) is 0 Å². The molecular weight excluding hydrogens is 276 g/mol. The zero-order valence-electron chi connectivity index (χ0n) is 12.2. The second-order valence-corrected chi connectivity index (χ2v) is 5.01. The first-order valence-electron chi connectivity index (χ1n) is 6.96. The summed E-state index contributed by atoms with van der Waals surface area (Å²) >= 11 is 5.92. The van der Waals surface area contributed by atoms with Gasteiger partial charge in [0.05, 0.1) is 6.33 Å². The summed E-state index contributed by atoms with van der Waals surface area (Å²) in [4.78, 5) is 15.0. The topological polar surface area (TPSA) is 58.9 Å². The lowest BCUT2D eigenvalue weighted by Crippen LogP contribution is -2.25. The van der Waals surface area contributed by atoms with Gasteiger partial charge in [0.2, 0.25) is 5.28 Å². The SMILES string of the molecule is CCN(CC)CCCNc1nc(Cl)nc2ncn(C)c12. The van der Waals surface area contributed by atoms with E-state index >= 15 is 0 Å². The van der Waals surface area contributed by atoms with E-state index in [1.165, 1.54) is 0 Å². The summed E-state index contributed by atoms with van der Waals surface area (Å²) in [7, 11) is 1.92. The lowest BCUT2D eigenvalue weighted by molar-refractivity contribution is 0.303. The maximum Gasteiger partial charge on any atom is 0.226 e. The van der Waals surface area contributed by atoms with Crippen LogP contribution in [0.4, 0.5) is 5.82 Å². The zero-order chi connectivity index (χ0) is 14.5. The van der Waals surface area contributed by atoms with Crippen molar-refractivity contribution in [2.75, 3.05) is 31.5 Å². The van der Waals surface area contributed by atoms with Crippen molar-refractivity contribution in [3.05, 3.63) is 11.6 Å². The van der Waals surface area contributed by atoms with Crippen LogP contribution in [0.15, 0.2) is 6.33 Å². The molecule has 0 amide bonds. The van der Waals surface area contributed by atoms with Gasteiger partial charge in [-0.15, -0.1) is 0 Å². The van der Waals surface area contributed by atoms with Crippen molar-refractivity contribution in [2.45, 2.75) is 20.3 Å². The van der Waals surface area contributed by atoms with Gasteiger partial charge in [-0.3, -0.25) is 0 Å². The summed E-state index contributed by atoms with van der Waals surface area (Å²) < 4.78 is 1.90. The Hall–Kier alpha value is -1.40. The lowest BCUT2D eigenvalue weighted by Gasteiger charge is -2.17. The monoisotopic (exact) mass is 296 g/mol. The van der Waals surface area contributed by atoms with Gasteiger partial charge in [-0.2, -0.15) is 9.97 Å². The number of anilines is 1. The molecule has 20 heavy (non-hydrogen) atoms. The fourth-order valence-electron chi connectivity index (χ4n) is 2.20. The highest BCUT2D eigenvalue weighted by molar-refractivity contribution is 6.28. The van der Waals surface area contributed by atoms with Crippen LogP contribution in [0.5, 0.6) is 0 Å². The average Bonchev–Trinajstić information content (AvgIpc) is 2.80. The largest absolute Gasteiger partial charge is 0.368 e. The van der Waals surface area contributed by atoms with E-state index in [9.17, 15) is 0 Å². The second kappa shape index (κ2) is 6.85. The third-order valence-corrected chi connectivity index (χ3v) is 3.55. The number of hydrogen-bond donors (Lipinski definition) is 1. The number of imidazole rings is 1. The van der Waals surface area contributed by atoms with Gasteiger partial charge < -0.3 is 14.8 Å². The third-order valence-electron chi connectivity index (χ3n) is 3.38. The van der Waals surface area contributed by atoms with Gasteiger partial charge in [0.1, 0.15) is 5.52 Å². The molecule has 0 radical (unpaired) electrons. The first-order chi connectivity index (χ1) is 9.65. The van der Waals surface area contributed by atoms with Gasteiger partial charge in [0.15, 0.2) is 11.5 Å². The van der Waals surface area contributed by atoms with Crippen LogP contribution in [0.1, 0.15) is 20.3 Å². The molecule has 7 heteroatoms. The second-order valence-electron chi connectivity index (χ2n) is 4.68. The van der Waals surface area contributed by atoms with Crippen LogP contribution in [-0.2, 0) is 7.05 Å². The molecular formula is C13H21ClN6. The van der Waals surface area contributed by atoms with Crippen LogP contribution in [-0.4, -0.2) is 50.6 Å². The van der Waals surface area contributed by atoms with Crippen LogP contribution in [0.2, 0.25) is 5.28 Å². The highest BCUT2D eigenvalue weighted by Crippen LogP contribution is 2.20. The molecule has 2 heterocycles. The number of nitrogens with one attached hydrogen (secondary N) is 1. The molecule has 0 atom stereocenters. The molecule has 2 aromatic heterocycles. The van der Waals surface area contributed by atoms with E-state index in [0.717, 1.165) is 43.9 Å². The van der Waals surface area contributed by atoms with E-state index in [4.69, 9.17) is 11.6 Å². The number of aromatic nitrogens is 4. The maximum absolute atomic E-state index is 5.92. The Kier molecular flexibility index (Phi) is 5.14. The maximum atomic E-state index is 5.92. The molecule has 0 aliphatic carbocycles. The summed E-state index contributed by atoms with van der Waals surface area (Å²) in [5.74, 6) is 0.750. The van der Waals surface area contributed by atoms with Gasteiger partial charge in [-0.25, -0.2) is 4.98 Å². The van der Waals surface area contributed by atoms with Crippen LogP contribution in [0.25, 0.3) is 11.2 Å². The number of hydrogen-bond acceptors (Lipinski definition) is 5. The molecule has 0 unspecified atom stereocenters. The van der Waals surface area contributed by atoms with Crippen molar-refractivity contribution in [3.8, 4) is 0 Å². The average molecular weight is 297 g/mol. The first-order valence-corrected chi connectivity index (χ1v) is 7.34. The van der Waals surface area contributed by atoms with Crippen LogP contribution < -0.4 is 5.32 Å². The highest BCUT2D eigenvalue weighted by atomic mass is 35.5. The van der Waals surface area contributed by atoms with Crippen LogP contribution in [0, 0.1) is 0 Å².